The van der Waals surface area contributed by atoms with Crippen LogP contribution >= 0.6 is 0 Å². The molecule has 4 nitrogen and oxygen atoms in total. The van der Waals surface area contributed by atoms with Crippen LogP contribution in [-0.4, -0.2) is 23.1 Å². The molecule has 1 atom stereocenters. The van der Waals surface area contributed by atoms with Gasteiger partial charge in [-0.1, -0.05) is 79.7 Å². The summed E-state index contributed by atoms with van der Waals surface area (Å²) in [5.41, 5.74) is 0.0363. The van der Waals surface area contributed by atoms with Crippen LogP contribution in [0.1, 0.15) is 103 Å². The molecular weight excluding hydrogens is 412 g/mol. The molecule has 0 amide bonds. The van der Waals surface area contributed by atoms with Crippen molar-refractivity contribution in [2.24, 2.45) is 21.7 Å². The van der Waals surface area contributed by atoms with Crippen LogP contribution in [0.15, 0.2) is 36.4 Å². The van der Waals surface area contributed by atoms with Gasteiger partial charge < -0.3 is 0 Å². The third kappa shape index (κ3) is 2.76. The SMILES string of the molecule is CCC1(C)C(=O)c2cc(-c3ccc4c(c3)C(=O)C(C)(C)C(C)(C)C4=O)ccc2C(=O)C1(C)C. The van der Waals surface area contributed by atoms with E-state index in [4.69, 9.17) is 0 Å². The van der Waals surface area contributed by atoms with Gasteiger partial charge in [0.1, 0.15) is 0 Å². The summed E-state index contributed by atoms with van der Waals surface area (Å²) in [5.74, 6) is -0.156. The van der Waals surface area contributed by atoms with E-state index in [0.717, 1.165) is 11.1 Å². The zero-order valence-electron chi connectivity index (χ0n) is 20.8. The molecule has 2 aliphatic carbocycles. The number of hydrogen-bond donors (Lipinski definition) is 0. The molecule has 0 saturated carbocycles. The Labute approximate surface area is 195 Å². The quantitative estimate of drug-likeness (QED) is 0.523. The Morgan fingerprint density at radius 1 is 0.515 bits per heavy atom. The van der Waals surface area contributed by atoms with Gasteiger partial charge in [-0.15, -0.1) is 0 Å². The van der Waals surface area contributed by atoms with Gasteiger partial charge in [-0.2, -0.15) is 0 Å². The Morgan fingerprint density at radius 2 is 0.879 bits per heavy atom. The summed E-state index contributed by atoms with van der Waals surface area (Å²) in [6.45, 7) is 14.8. The molecule has 0 spiro atoms. The normalized spacial score (nSPS) is 25.0. The predicted octanol–water partition coefficient (Wildman–Crippen LogP) is 6.61. The molecule has 0 fully saturated rings. The number of hydrogen-bond acceptors (Lipinski definition) is 4. The zero-order valence-corrected chi connectivity index (χ0v) is 20.8. The summed E-state index contributed by atoms with van der Waals surface area (Å²) in [5, 5.41) is 0. The highest BCUT2D eigenvalue weighted by Crippen LogP contribution is 2.51. The monoisotopic (exact) mass is 444 g/mol. The van der Waals surface area contributed by atoms with Crippen molar-refractivity contribution >= 4 is 23.1 Å². The molecule has 0 saturated heterocycles. The third-order valence-electron chi connectivity index (χ3n) is 9.20. The van der Waals surface area contributed by atoms with Crippen molar-refractivity contribution in [2.45, 2.75) is 61.8 Å². The summed E-state index contributed by atoms with van der Waals surface area (Å²) in [6, 6.07) is 10.6. The first-order valence-corrected chi connectivity index (χ1v) is 11.6. The van der Waals surface area contributed by atoms with Crippen LogP contribution in [0.4, 0.5) is 0 Å². The molecular formula is C29H32O4. The Balaban J connectivity index is 1.87. The summed E-state index contributed by atoms with van der Waals surface area (Å²) < 4.78 is 0. The molecule has 0 radical (unpaired) electrons. The van der Waals surface area contributed by atoms with Crippen molar-refractivity contribution in [1.82, 2.24) is 0 Å². The summed E-state index contributed by atoms with van der Waals surface area (Å²) in [6.07, 6.45) is 0.564. The first-order chi connectivity index (χ1) is 15.1. The molecule has 2 aromatic rings. The van der Waals surface area contributed by atoms with Crippen molar-refractivity contribution in [3.8, 4) is 11.1 Å². The number of Topliss-reactive ketones (excluding diaryl/α,β-unsaturated/α-hetero) is 4. The highest BCUT2D eigenvalue weighted by molar-refractivity contribution is 6.20. The van der Waals surface area contributed by atoms with Crippen LogP contribution in [0.2, 0.25) is 0 Å². The fraction of sp³-hybridized carbons (Fsp3) is 0.448. The smallest absolute Gasteiger partial charge is 0.170 e. The number of benzene rings is 2. The van der Waals surface area contributed by atoms with Crippen LogP contribution in [-0.2, 0) is 0 Å². The molecule has 4 heteroatoms. The van der Waals surface area contributed by atoms with E-state index >= 15 is 0 Å². The van der Waals surface area contributed by atoms with Crippen LogP contribution < -0.4 is 0 Å². The van der Waals surface area contributed by atoms with Crippen molar-refractivity contribution in [2.75, 3.05) is 0 Å². The van der Waals surface area contributed by atoms with Gasteiger partial charge >= 0.3 is 0 Å². The van der Waals surface area contributed by atoms with Crippen LogP contribution in [0, 0.1) is 21.7 Å². The molecule has 1 unspecified atom stereocenters. The van der Waals surface area contributed by atoms with Gasteiger partial charge in [-0.3, -0.25) is 19.2 Å². The van der Waals surface area contributed by atoms with E-state index < -0.39 is 21.7 Å². The van der Waals surface area contributed by atoms with Gasteiger partial charge in [0.05, 0.1) is 0 Å². The van der Waals surface area contributed by atoms with Crippen LogP contribution in [0.25, 0.3) is 11.1 Å². The van der Waals surface area contributed by atoms with Gasteiger partial charge in [-0.05, 0) is 29.7 Å². The van der Waals surface area contributed by atoms with E-state index in [-0.39, 0.29) is 23.1 Å². The second-order valence-electron chi connectivity index (χ2n) is 11.4. The number of rotatable bonds is 2. The lowest BCUT2D eigenvalue weighted by Gasteiger charge is -2.45. The Kier molecular flexibility index (Phi) is 4.81. The second kappa shape index (κ2) is 6.82. The molecule has 33 heavy (non-hydrogen) atoms. The molecule has 0 N–H and O–H groups in total. The topological polar surface area (TPSA) is 68.3 Å². The Morgan fingerprint density at radius 3 is 1.30 bits per heavy atom. The fourth-order valence-corrected chi connectivity index (χ4v) is 5.23. The lowest BCUT2D eigenvalue weighted by atomic mass is 9.55. The Bertz CT molecular complexity index is 1260. The number of carbonyl (C=O) groups is 4. The molecule has 0 aromatic heterocycles. The van der Waals surface area contributed by atoms with Gasteiger partial charge in [0.25, 0.3) is 0 Å². The largest absolute Gasteiger partial charge is 0.294 e. The highest BCUT2D eigenvalue weighted by atomic mass is 16.2. The third-order valence-corrected chi connectivity index (χ3v) is 9.20. The van der Waals surface area contributed by atoms with E-state index in [9.17, 15) is 19.2 Å². The molecule has 2 aliphatic rings. The molecule has 0 aliphatic heterocycles. The Hall–Kier alpha value is -2.88. The summed E-state index contributed by atoms with van der Waals surface area (Å²) in [4.78, 5) is 53.3. The number of fused-ring (bicyclic) bond motifs is 2. The van der Waals surface area contributed by atoms with Gasteiger partial charge in [0.2, 0.25) is 0 Å². The van der Waals surface area contributed by atoms with E-state index in [0.29, 0.717) is 28.7 Å². The van der Waals surface area contributed by atoms with Crippen LogP contribution in [0.5, 0.6) is 0 Å². The standard InChI is InChI=1S/C29H32O4/c1-9-29(8)25(33)21-15-17(11-13-19(21)23(31)28(29,6)7)16-10-12-18-20(14-16)24(32)27(4,5)26(2,3)22(18)30/h10-15H,9H2,1-8H3. The van der Waals surface area contributed by atoms with E-state index in [1.54, 1.807) is 24.3 Å². The number of ketones is 4. The van der Waals surface area contributed by atoms with Crippen molar-refractivity contribution < 1.29 is 19.2 Å². The minimum absolute atomic E-state index is 0.0248. The van der Waals surface area contributed by atoms with Gasteiger partial charge in [0, 0.05) is 43.9 Å². The average molecular weight is 445 g/mol. The van der Waals surface area contributed by atoms with Gasteiger partial charge in [-0.25, -0.2) is 0 Å². The van der Waals surface area contributed by atoms with Crippen LogP contribution in [0.3, 0.4) is 0 Å². The maximum atomic E-state index is 13.5. The minimum Gasteiger partial charge on any atom is -0.294 e. The number of carbonyl (C=O) groups excluding carboxylic acids is 4. The van der Waals surface area contributed by atoms with E-state index in [2.05, 4.69) is 0 Å². The zero-order chi connectivity index (χ0) is 24.7. The molecule has 4 rings (SSSR count). The first-order valence-electron chi connectivity index (χ1n) is 11.6. The lowest BCUT2D eigenvalue weighted by molar-refractivity contribution is 0.0377. The molecule has 0 heterocycles. The average Bonchev–Trinajstić information content (AvgIpc) is 2.78. The van der Waals surface area contributed by atoms with E-state index in [1.165, 1.54) is 0 Å². The highest BCUT2D eigenvalue weighted by Gasteiger charge is 2.55. The lowest BCUT2D eigenvalue weighted by Crippen LogP contribution is -2.51. The minimum atomic E-state index is -0.831. The van der Waals surface area contributed by atoms with Gasteiger partial charge in [0.15, 0.2) is 23.1 Å². The van der Waals surface area contributed by atoms with Crippen molar-refractivity contribution in [3.63, 3.8) is 0 Å². The summed E-state index contributed by atoms with van der Waals surface area (Å²) in [7, 11) is 0. The molecule has 0 bridgehead atoms. The summed E-state index contributed by atoms with van der Waals surface area (Å²) >= 11 is 0. The second-order valence-corrected chi connectivity index (χ2v) is 11.4. The van der Waals surface area contributed by atoms with E-state index in [1.807, 2.05) is 67.5 Å². The first kappa shape index (κ1) is 23.3. The molecule has 172 valence electrons. The fourth-order valence-electron chi connectivity index (χ4n) is 5.23. The molecule has 2 aromatic carbocycles. The maximum absolute atomic E-state index is 13.5. The van der Waals surface area contributed by atoms with Crippen molar-refractivity contribution in [3.05, 3.63) is 58.7 Å². The maximum Gasteiger partial charge on any atom is 0.170 e. The predicted molar refractivity (Wildman–Crippen MR) is 129 cm³/mol. The van der Waals surface area contributed by atoms with Crippen molar-refractivity contribution in [1.29, 1.82) is 0 Å².